The summed E-state index contributed by atoms with van der Waals surface area (Å²) in [5.41, 5.74) is 0. The van der Waals surface area contributed by atoms with Crippen molar-refractivity contribution in [3.63, 3.8) is 0 Å². The van der Waals surface area contributed by atoms with E-state index in [2.05, 4.69) is 0 Å². The minimum atomic E-state index is -2.94. The lowest BCUT2D eigenvalue weighted by Crippen LogP contribution is -2.00. The van der Waals surface area contributed by atoms with Crippen LogP contribution >= 0.6 is 7.60 Å². The van der Waals surface area contributed by atoms with Gasteiger partial charge in [0.1, 0.15) is 5.75 Å². The predicted octanol–water partition coefficient (Wildman–Crippen LogP) is 3.71. The van der Waals surface area contributed by atoms with Crippen molar-refractivity contribution < 1.29 is 13.6 Å². The van der Waals surface area contributed by atoms with Crippen LogP contribution < -0.4 is 4.52 Å². The topological polar surface area (TPSA) is 35.5 Å². The van der Waals surface area contributed by atoms with Crippen molar-refractivity contribution in [3.8, 4) is 5.75 Å². The first-order valence-corrected chi connectivity index (χ1v) is 6.82. The van der Waals surface area contributed by atoms with Crippen LogP contribution in [0.5, 0.6) is 5.75 Å². The minimum absolute atomic E-state index is 0.467. The Hall–Kier alpha value is -0.790. The lowest BCUT2D eigenvalue weighted by molar-refractivity contribution is 0.321. The molecule has 0 aliphatic carbocycles. The van der Waals surface area contributed by atoms with Gasteiger partial charge in [-0.15, -0.1) is 0 Å². The summed E-state index contributed by atoms with van der Waals surface area (Å²) in [5, 5.41) is 0. The Morgan fingerprint density at radius 3 is 2.47 bits per heavy atom. The highest BCUT2D eigenvalue weighted by molar-refractivity contribution is 7.54. The third kappa shape index (κ3) is 4.06. The Balaban J connectivity index is 2.64. The summed E-state index contributed by atoms with van der Waals surface area (Å²) in [4.78, 5) is 0. The number of hydrogen-bond acceptors (Lipinski definition) is 3. The molecular weight excluding hydrogens is 211 g/mol. The molecule has 0 aliphatic rings. The molecule has 0 heterocycles. The average molecular weight is 228 g/mol. The van der Waals surface area contributed by atoms with Gasteiger partial charge in [0.15, 0.2) is 0 Å². The zero-order valence-electron chi connectivity index (χ0n) is 9.18. The molecule has 0 bridgehead atoms. The molecule has 0 spiro atoms. The number of rotatable bonds is 6. The monoisotopic (exact) mass is 228 g/mol. The van der Waals surface area contributed by atoms with Crippen molar-refractivity contribution >= 4 is 7.60 Å². The molecule has 15 heavy (non-hydrogen) atoms. The predicted molar refractivity (Wildman–Crippen MR) is 61.5 cm³/mol. The van der Waals surface area contributed by atoms with Crippen LogP contribution in [0.3, 0.4) is 0 Å². The second-order valence-electron chi connectivity index (χ2n) is 3.27. The highest BCUT2D eigenvalue weighted by Gasteiger charge is 2.23. The van der Waals surface area contributed by atoms with Gasteiger partial charge in [0.25, 0.3) is 0 Å². The van der Waals surface area contributed by atoms with E-state index in [0.29, 0.717) is 11.9 Å². The van der Waals surface area contributed by atoms with Crippen molar-refractivity contribution in [1.82, 2.24) is 0 Å². The minimum Gasteiger partial charge on any atom is -0.424 e. The van der Waals surface area contributed by atoms with E-state index in [1.54, 1.807) is 12.1 Å². The normalized spacial score (nSPS) is 14.5. The van der Waals surface area contributed by atoms with Gasteiger partial charge in [0.2, 0.25) is 0 Å². The highest BCUT2D eigenvalue weighted by Crippen LogP contribution is 2.48. The largest absolute Gasteiger partial charge is 0.424 e. The molecule has 0 amide bonds. The first-order chi connectivity index (χ1) is 7.20. The molecular formula is C11H17O3P. The van der Waals surface area contributed by atoms with Crippen LogP contribution in [-0.2, 0) is 9.09 Å². The molecule has 84 valence electrons. The average Bonchev–Trinajstić information content (AvgIpc) is 2.28. The van der Waals surface area contributed by atoms with Gasteiger partial charge < -0.3 is 9.05 Å². The Bertz CT molecular complexity index is 324. The van der Waals surface area contributed by atoms with E-state index in [1.165, 1.54) is 7.11 Å². The zero-order chi connectivity index (χ0) is 11.1. The summed E-state index contributed by atoms with van der Waals surface area (Å²) in [6, 6.07) is 9.12. The van der Waals surface area contributed by atoms with E-state index in [0.717, 1.165) is 12.8 Å². The maximum atomic E-state index is 12.1. The van der Waals surface area contributed by atoms with Crippen molar-refractivity contribution in [2.45, 2.75) is 19.8 Å². The quantitative estimate of drug-likeness (QED) is 0.696. The van der Waals surface area contributed by atoms with E-state index in [9.17, 15) is 4.57 Å². The van der Waals surface area contributed by atoms with E-state index in [4.69, 9.17) is 9.05 Å². The fourth-order valence-corrected chi connectivity index (χ4v) is 2.66. The summed E-state index contributed by atoms with van der Waals surface area (Å²) in [6.45, 7) is 2.04. The smallest absolute Gasteiger partial charge is 0.378 e. The third-order valence-corrected chi connectivity index (χ3v) is 3.96. The summed E-state index contributed by atoms with van der Waals surface area (Å²) < 4.78 is 22.4. The van der Waals surface area contributed by atoms with Crippen molar-refractivity contribution in [1.29, 1.82) is 0 Å². The van der Waals surface area contributed by atoms with Crippen LogP contribution in [0.15, 0.2) is 30.3 Å². The standard InChI is InChI=1S/C11H17O3P/c1-3-4-10-15(12,13-2)14-11-8-6-5-7-9-11/h5-9H,3-4,10H2,1-2H3/t15-/m1/s1. The molecule has 0 unspecified atom stereocenters. The molecule has 0 saturated heterocycles. The lowest BCUT2D eigenvalue weighted by atomic mass is 10.3. The van der Waals surface area contributed by atoms with Gasteiger partial charge in [-0.05, 0) is 18.6 Å². The van der Waals surface area contributed by atoms with Crippen LogP contribution in [-0.4, -0.2) is 13.3 Å². The number of hydrogen-bond donors (Lipinski definition) is 0. The first kappa shape index (κ1) is 12.3. The molecule has 0 aliphatic heterocycles. The van der Waals surface area contributed by atoms with E-state index in [1.807, 2.05) is 25.1 Å². The van der Waals surface area contributed by atoms with E-state index in [-0.39, 0.29) is 0 Å². The summed E-state index contributed by atoms with van der Waals surface area (Å²) in [6.07, 6.45) is 2.29. The Kier molecular flexibility index (Phi) is 4.86. The molecule has 1 aromatic rings. The summed E-state index contributed by atoms with van der Waals surface area (Å²) in [7, 11) is -1.51. The van der Waals surface area contributed by atoms with E-state index >= 15 is 0 Å². The van der Waals surface area contributed by atoms with Gasteiger partial charge in [-0.1, -0.05) is 31.5 Å². The molecule has 0 aromatic heterocycles. The maximum absolute atomic E-state index is 12.1. The third-order valence-electron chi connectivity index (χ3n) is 2.05. The Morgan fingerprint density at radius 2 is 1.93 bits per heavy atom. The number of para-hydroxylation sites is 1. The van der Waals surface area contributed by atoms with Gasteiger partial charge in [0.05, 0.1) is 6.16 Å². The van der Waals surface area contributed by atoms with Gasteiger partial charge >= 0.3 is 7.60 Å². The molecule has 1 rings (SSSR count). The van der Waals surface area contributed by atoms with Crippen molar-refractivity contribution in [2.24, 2.45) is 0 Å². The number of unbranched alkanes of at least 4 members (excludes halogenated alkanes) is 1. The molecule has 0 N–H and O–H groups in total. The fourth-order valence-electron chi connectivity index (χ4n) is 1.17. The van der Waals surface area contributed by atoms with Crippen LogP contribution in [0.2, 0.25) is 0 Å². The van der Waals surface area contributed by atoms with Gasteiger partial charge in [-0.3, -0.25) is 0 Å². The van der Waals surface area contributed by atoms with E-state index < -0.39 is 7.60 Å². The highest BCUT2D eigenvalue weighted by atomic mass is 31.2. The molecule has 0 fully saturated rings. The molecule has 4 heteroatoms. The van der Waals surface area contributed by atoms with Crippen molar-refractivity contribution in [2.75, 3.05) is 13.3 Å². The maximum Gasteiger partial charge on any atom is 0.378 e. The van der Waals surface area contributed by atoms with Gasteiger partial charge in [0, 0.05) is 7.11 Å². The van der Waals surface area contributed by atoms with Crippen LogP contribution in [0.4, 0.5) is 0 Å². The summed E-state index contributed by atoms with van der Waals surface area (Å²) in [5.74, 6) is 0.596. The zero-order valence-corrected chi connectivity index (χ0v) is 10.1. The van der Waals surface area contributed by atoms with Crippen LogP contribution in [0.1, 0.15) is 19.8 Å². The van der Waals surface area contributed by atoms with Crippen LogP contribution in [0.25, 0.3) is 0 Å². The second kappa shape index (κ2) is 5.94. The molecule has 0 radical (unpaired) electrons. The number of benzene rings is 1. The fraction of sp³-hybridized carbons (Fsp3) is 0.455. The Morgan fingerprint density at radius 1 is 1.27 bits per heavy atom. The lowest BCUT2D eigenvalue weighted by Gasteiger charge is -2.16. The molecule has 1 atom stereocenters. The van der Waals surface area contributed by atoms with Gasteiger partial charge in [-0.2, -0.15) is 0 Å². The van der Waals surface area contributed by atoms with Crippen LogP contribution in [0, 0.1) is 0 Å². The Labute approximate surface area is 90.9 Å². The van der Waals surface area contributed by atoms with Crippen molar-refractivity contribution in [3.05, 3.63) is 30.3 Å². The molecule has 0 saturated carbocycles. The SMILES string of the molecule is CCCC[P@@](=O)(OC)Oc1ccccc1. The summed E-state index contributed by atoms with van der Waals surface area (Å²) >= 11 is 0. The molecule has 3 nitrogen and oxygen atoms in total. The molecule has 1 aromatic carbocycles. The van der Waals surface area contributed by atoms with Gasteiger partial charge in [-0.25, -0.2) is 4.57 Å². The second-order valence-corrected chi connectivity index (χ2v) is 5.49. The first-order valence-electron chi connectivity index (χ1n) is 5.09.